The van der Waals surface area contributed by atoms with E-state index in [-0.39, 0.29) is 6.61 Å². The summed E-state index contributed by atoms with van der Waals surface area (Å²) in [5.41, 5.74) is 0.913. The third kappa shape index (κ3) is 2.73. The molecule has 2 heterocycles. The van der Waals surface area contributed by atoms with Crippen LogP contribution in [0.3, 0.4) is 0 Å². The van der Waals surface area contributed by atoms with E-state index in [0.717, 1.165) is 30.3 Å². The van der Waals surface area contributed by atoms with Crippen molar-refractivity contribution in [2.24, 2.45) is 0 Å². The SMILES string of the molecule is CCOc1nc(Cl)cc2c1cnn2CCCCO. The summed E-state index contributed by atoms with van der Waals surface area (Å²) in [5, 5.41) is 14.4. The van der Waals surface area contributed by atoms with Crippen LogP contribution in [0.15, 0.2) is 12.3 Å². The molecule has 0 bridgehead atoms. The number of aromatic nitrogens is 3. The molecule has 0 saturated heterocycles. The van der Waals surface area contributed by atoms with Crippen molar-refractivity contribution in [1.29, 1.82) is 0 Å². The summed E-state index contributed by atoms with van der Waals surface area (Å²) in [7, 11) is 0. The molecule has 6 heteroatoms. The molecular formula is C12H16ClN3O2. The Kier molecular flexibility index (Phi) is 4.38. The molecule has 0 fully saturated rings. The summed E-state index contributed by atoms with van der Waals surface area (Å²) in [5.74, 6) is 0.522. The van der Waals surface area contributed by atoms with Crippen LogP contribution in [0.5, 0.6) is 5.88 Å². The number of unbranched alkanes of at least 4 members (excludes halogenated alkanes) is 1. The first-order chi connectivity index (χ1) is 8.76. The van der Waals surface area contributed by atoms with E-state index < -0.39 is 0 Å². The largest absolute Gasteiger partial charge is 0.477 e. The van der Waals surface area contributed by atoms with Gasteiger partial charge in [0, 0.05) is 19.2 Å². The van der Waals surface area contributed by atoms with Gasteiger partial charge in [-0.15, -0.1) is 0 Å². The summed E-state index contributed by atoms with van der Waals surface area (Å²) in [6, 6.07) is 1.78. The molecule has 5 nitrogen and oxygen atoms in total. The van der Waals surface area contributed by atoms with Crippen molar-refractivity contribution >= 4 is 22.5 Å². The smallest absolute Gasteiger partial charge is 0.226 e. The Morgan fingerprint density at radius 2 is 2.28 bits per heavy atom. The lowest BCUT2D eigenvalue weighted by Gasteiger charge is -2.06. The van der Waals surface area contributed by atoms with Gasteiger partial charge in [0.15, 0.2) is 0 Å². The Labute approximate surface area is 110 Å². The molecule has 98 valence electrons. The molecule has 0 aliphatic rings. The van der Waals surface area contributed by atoms with Crippen LogP contribution in [0.2, 0.25) is 5.15 Å². The molecule has 0 atom stereocenters. The van der Waals surface area contributed by atoms with E-state index in [4.69, 9.17) is 21.4 Å². The number of ether oxygens (including phenoxy) is 1. The summed E-state index contributed by atoms with van der Waals surface area (Å²) >= 11 is 5.98. The highest BCUT2D eigenvalue weighted by Gasteiger charge is 2.11. The fourth-order valence-corrected chi connectivity index (χ4v) is 1.99. The van der Waals surface area contributed by atoms with Gasteiger partial charge < -0.3 is 9.84 Å². The minimum atomic E-state index is 0.200. The van der Waals surface area contributed by atoms with E-state index in [2.05, 4.69) is 10.1 Å². The molecule has 0 aromatic carbocycles. The van der Waals surface area contributed by atoms with E-state index in [1.807, 2.05) is 11.6 Å². The zero-order valence-corrected chi connectivity index (χ0v) is 11.0. The molecule has 0 amide bonds. The Morgan fingerprint density at radius 3 is 3.00 bits per heavy atom. The quantitative estimate of drug-likeness (QED) is 0.645. The van der Waals surface area contributed by atoms with E-state index in [9.17, 15) is 0 Å². The molecule has 2 aromatic heterocycles. The molecule has 0 aliphatic carbocycles. The topological polar surface area (TPSA) is 60.2 Å². The maximum absolute atomic E-state index is 8.79. The van der Waals surface area contributed by atoms with Crippen molar-refractivity contribution in [3.05, 3.63) is 17.4 Å². The first-order valence-corrected chi connectivity index (χ1v) is 6.39. The Balaban J connectivity index is 2.33. The first-order valence-electron chi connectivity index (χ1n) is 6.02. The predicted molar refractivity (Wildman–Crippen MR) is 70.0 cm³/mol. The summed E-state index contributed by atoms with van der Waals surface area (Å²) in [4.78, 5) is 4.15. The molecule has 18 heavy (non-hydrogen) atoms. The number of rotatable bonds is 6. The minimum absolute atomic E-state index is 0.200. The van der Waals surface area contributed by atoms with Crippen molar-refractivity contribution in [1.82, 2.24) is 14.8 Å². The molecule has 0 spiro atoms. The Bertz CT molecular complexity index is 527. The van der Waals surface area contributed by atoms with Gasteiger partial charge >= 0.3 is 0 Å². The first kappa shape index (κ1) is 13.1. The zero-order valence-electron chi connectivity index (χ0n) is 10.3. The number of hydrogen-bond donors (Lipinski definition) is 1. The van der Waals surface area contributed by atoms with Gasteiger partial charge in [0.05, 0.1) is 23.7 Å². The van der Waals surface area contributed by atoms with Crippen LogP contribution in [-0.2, 0) is 6.54 Å². The highest BCUT2D eigenvalue weighted by molar-refractivity contribution is 6.30. The number of fused-ring (bicyclic) bond motifs is 1. The van der Waals surface area contributed by atoms with Gasteiger partial charge in [-0.25, -0.2) is 4.98 Å². The Hall–Kier alpha value is -1.33. The average molecular weight is 270 g/mol. The lowest BCUT2D eigenvalue weighted by Crippen LogP contribution is -2.01. The lowest BCUT2D eigenvalue weighted by atomic mass is 10.3. The van der Waals surface area contributed by atoms with Crippen molar-refractivity contribution < 1.29 is 9.84 Å². The second-order valence-corrected chi connectivity index (χ2v) is 4.30. The van der Waals surface area contributed by atoms with Crippen LogP contribution in [0, 0.1) is 0 Å². The van der Waals surface area contributed by atoms with Crippen molar-refractivity contribution in [3.63, 3.8) is 0 Å². The van der Waals surface area contributed by atoms with Gasteiger partial charge in [-0.2, -0.15) is 5.10 Å². The third-order valence-electron chi connectivity index (χ3n) is 2.63. The van der Waals surface area contributed by atoms with Crippen molar-refractivity contribution in [3.8, 4) is 5.88 Å². The van der Waals surface area contributed by atoms with Crippen molar-refractivity contribution in [2.75, 3.05) is 13.2 Å². The summed E-state index contributed by atoms with van der Waals surface area (Å²) in [6.45, 7) is 3.39. The van der Waals surface area contributed by atoms with Crippen molar-refractivity contribution in [2.45, 2.75) is 26.3 Å². The van der Waals surface area contributed by atoms with Crippen LogP contribution >= 0.6 is 11.6 Å². The van der Waals surface area contributed by atoms with Gasteiger partial charge in [-0.1, -0.05) is 11.6 Å². The van der Waals surface area contributed by atoms with Crippen LogP contribution in [0.25, 0.3) is 10.9 Å². The van der Waals surface area contributed by atoms with Crippen LogP contribution in [0.4, 0.5) is 0 Å². The van der Waals surface area contributed by atoms with E-state index in [0.29, 0.717) is 17.6 Å². The maximum Gasteiger partial charge on any atom is 0.226 e. The number of aliphatic hydroxyl groups excluding tert-OH is 1. The highest BCUT2D eigenvalue weighted by Crippen LogP contribution is 2.26. The number of aryl methyl sites for hydroxylation is 1. The normalized spacial score (nSPS) is 11.1. The molecule has 0 radical (unpaired) electrons. The standard InChI is InChI=1S/C12H16ClN3O2/c1-2-18-12-9-8-14-16(5-3-4-6-17)10(9)7-11(13)15-12/h7-8,17H,2-6H2,1H3. The minimum Gasteiger partial charge on any atom is -0.477 e. The predicted octanol–water partition coefficient (Wildman–Crippen LogP) is 2.26. The second-order valence-electron chi connectivity index (χ2n) is 3.91. The fraction of sp³-hybridized carbons (Fsp3) is 0.500. The van der Waals surface area contributed by atoms with Gasteiger partial charge in [-0.3, -0.25) is 4.68 Å². The molecular weight excluding hydrogens is 254 g/mol. The molecule has 0 aliphatic heterocycles. The Morgan fingerprint density at radius 1 is 1.44 bits per heavy atom. The summed E-state index contributed by atoms with van der Waals surface area (Å²) < 4.78 is 7.31. The molecule has 0 unspecified atom stereocenters. The average Bonchev–Trinajstić information content (AvgIpc) is 2.73. The van der Waals surface area contributed by atoms with E-state index >= 15 is 0 Å². The fourth-order valence-electron chi connectivity index (χ4n) is 1.81. The molecule has 0 saturated carbocycles. The summed E-state index contributed by atoms with van der Waals surface area (Å²) in [6.07, 6.45) is 3.37. The van der Waals surface area contributed by atoms with Crippen LogP contribution < -0.4 is 4.74 Å². The van der Waals surface area contributed by atoms with Crippen LogP contribution in [-0.4, -0.2) is 33.1 Å². The number of hydrogen-bond acceptors (Lipinski definition) is 4. The van der Waals surface area contributed by atoms with Gasteiger partial charge in [0.2, 0.25) is 5.88 Å². The molecule has 2 aromatic rings. The lowest BCUT2D eigenvalue weighted by molar-refractivity contribution is 0.280. The highest BCUT2D eigenvalue weighted by atomic mass is 35.5. The zero-order chi connectivity index (χ0) is 13.0. The molecule has 1 N–H and O–H groups in total. The van der Waals surface area contributed by atoms with Gasteiger partial charge in [0.1, 0.15) is 5.15 Å². The van der Waals surface area contributed by atoms with Crippen LogP contribution in [0.1, 0.15) is 19.8 Å². The molecule has 2 rings (SSSR count). The second kappa shape index (κ2) is 6.02. The van der Waals surface area contributed by atoms with E-state index in [1.165, 1.54) is 0 Å². The maximum atomic E-state index is 8.79. The van der Waals surface area contributed by atoms with Gasteiger partial charge in [-0.05, 0) is 19.8 Å². The monoisotopic (exact) mass is 269 g/mol. The number of aliphatic hydroxyl groups is 1. The third-order valence-corrected chi connectivity index (χ3v) is 2.83. The number of nitrogens with zero attached hydrogens (tertiary/aromatic N) is 3. The number of halogens is 1. The van der Waals surface area contributed by atoms with E-state index in [1.54, 1.807) is 12.3 Å². The number of pyridine rings is 1. The van der Waals surface area contributed by atoms with Gasteiger partial charge in [0.25, 0.3) is 0 Å².